The number of benzene rings is 2. The van der Waals surface area contributed by atoms with E-state index in [-0.39, 0.29) is 23.5 Å². The molecule has 0 bridgehead atoms. The minimum absolute atomic E-state index is 0.0411. The Morgan fingerprint density at radius 2 is 1.70 bits per heavy atom. The number of hydrogen-bond donors (Lipinski definition) is 2. The van der Waals surface area contributed by atoms with Gasteiger partial charge in [0.1, 0.15) is 5.75 Å². The van der Waals surface area contributed by atoms with Gasteiger partial charge in [0.25, 0.3) is 0 Å². The Morgan fingerprint density at radius 1 is 1.00 bits per heavy atom. The highest BCUT2D eigenvalue weighted by molar-refractivity contribution is 5.92. The Bertz CT molecular complexity index is 648. The van der Waals surface area contributed by atoms with Gasteiger partial charge in [-0.3, -0.25) is 0 Å². The molecule has 20 heavy (non-hydrogen) atoms. The van der Waals surface area contributed by atoms with Crippen molar-refractivity contribution in [3.05, 3.63) is 65.2 Å². The minimum atomic E-state index is -1.09. The van der Waals surface area contributed by atoms with Crippen LogP contribution in [0.25, 0.3) is 0 Å². The predicted molar refractivity (Wildman–Crippen MR) is 70.7 cm³/mol. The molecule has 0 aromatic heterocycles. The van der Waals surface area contributed by atoms with Gasteiger partial charge in [-0.2, -0.15) is 0 Å². The lowest BCUT2D eigenvalue weighted by molar-refractivity contribution is 0.0687. The van der Waals surface area contributed by atoms with Crippen LogP contribution in [0.5, 0.6) is 5.75 Å². The maximum atomic E-state index is 11.9. The van der Waals surface area contributed by atoms with Crippen molar-refractivity contribution < 1.29 is 24.5 Å². The maximum absolute atomic E-state index is 11.9. The van der Waals surface area contributed by atoms with Crippen molar-refractivity contribution in [2.45, 2.75) is 6.61 Å². The Hall–Kier alpha value is -2.66. The maximum Gasteiger partial charge on any atom is 0.343 e. The third kappa shape index (κ3) is 3.21. The van der Waals surface area contributed by atoms with Gasteiger partial charge in [0, 0.05) is 0 Å². The molecule has 0 aliphatic heterocycles. The summed E-state index contributed by atoms with van der Waals surface area (Å²) in [6, 6.07) is 12.1. The van der Waals surface area contributed by atoms with Crippen molar-refractivity contribution in [3.63, 3.8) is 0 Å². The van der Waals surface area contributed by atoms with Crippen LogP contribution in [-0.2, 0) is 6.61 Å². The molecule has 2 rings (SSSR count). The Morgan fingerprint density at radius 3 is 2.40 bits per heavy atom. The summed E-state index contributed by atoms with van der Waals surface area (Å²) in [6.45, 7) is -0.171. The highest BCUT2D eigenvalue weighted by Crippen LogP contribution is 2.16. The number of carbonyl (C=O) groups excluding carboxylic acids is 1. The number of aromatic carboxylic acids is 1. The zero-order valence-corrected chi connectivity index (χ0v) is 10.4. The number of carbonyl (C=O) groups is 2. The van der Waals surface area contributed by atoms with Crippen LogP contribution in [0.15, 0.2) is 48.5 Å². The summed E-state index contributed by atoms with van der Waals surface area (Å²) in [5.41, 5.74) is 0.926. The van der Waals surface area contributed by atoms with E-state index >= 15 is 0 Å². The van der Waals surface area contributed by atoms with E-state index in [1.807, 2.05) is 0 Å². The predicted octanol–water partition coefficient (Wildman–Crippen LogP) is 2.10. The quantitative estimate of drug-likeness (QED) is 0.657. The largest absolute Gasteiger partial charge is 0.478 e. The molecular weight excluding hydrogens is 260 g/mol. The van der Waals surface area contributed by atoms with Crippen molar-refractivity contribution in [3.8, 4) is 5.75 Å². The van der Waals surface area contributed by atoms with Crippen LogP contribution < -0.4 is 4.74 Å². The van der Waals surface area contributed by atoms with Crippen molar-refractivity contribution in [1.82, 2.24) is 0 Å². The number of rotatable bonds is 4. The Kier molecular flexibility index (Phi) is 4.12. The first-order chi connectivity index (χ1) is 9.60. The second kappa shape index (κ2) is 5.99. The molecule has 0 heterocycles. The molecule has 2 aromatic carbocycles. The van der Waals surface area contributed by atoms with Crippen LogP contribution >= 0.6 is 0 Å². The second-order valence-electron chi connectivity index (χ2n) is 4.08. The van der Waals surface area contributed by atoms with Crippen molar-refractivity contribution >= 4 is 11.9 Å². The summed E-state index contributed by atoms with van der Waals surface area (Å²) < 4.78 is 5.11. The van der Waals surface area contributed by atoms with Gasteiger partial charge in [-0.05, 0) is 35.9 Å². The number of ether oxygens (including phenoxy) is 1. The molecule has 0 saturated heterocycles. The smallest absolute Gasteiger partial charge is 0.343 e. The number of carboxylic acid groups (broad SMARTS) is 1. The number of carboxylic acids is 1. The average molecular weight is 272 g/mol. The van der Waals surface area contributed by atoms with Gasteiger partial charge in [-0.1, -0.05) is 18.2 Å². The molecule has 5 nitrogen and oxygen atoms in total. The summed E-state index contributed by atoms with van der Waals surface area (Å²) in [6.07, 6.45) is 0. The summed E-state index contributed by atoms with van der Waals surface area (Å²) in [5, 5.41) is 17.9. The first kappa shape index (κ1) is 13.8. The van der Waals surface area contributed by atoms with E-state index in [0.29, 0.717) is 5.56 Å². The summed E-state index contributed by atoms with van der Waals surface area (Å²) in [5.74, 6) is -1.54. The molecule has 0 unspecified atom stereocenters. The standard InChI is InChI=1S/C15H12O5/c16-9-10-3-1-5-12(7-10)15(19)20-13-6-2-4-11(8-13)14(17)18/h1-8,16H,9H2,(H,17,18). The fourth-order valence-electron chi connectivity index (χ4n) is 1.66. The molecular formula is C15H12O5. The lowest BCUT2D eigenvalue weighted by Crippen LogP contribution is -2.09. The molecule has 0 radical (unpaired) electrons. The molecule has 0 fully saturated rings. The van der Waals surface area contributed by atoms with E-state index in [1.165, 1.54) is 30.3 Å². The molecule has 2 N–H and O–H groups in total. The molecule has 0 aliphatic carbocycles. The lowest BCUT2D eigenvalue weighted by atomic mass is 10.1. The first-order valence-electron chi connectivity index (χ1n) is 5.85. The number of aliphatic hydroxyl groups is 1. The fourth-order valence-corrected chi connectivity index (χ4v) is 1.66. The zero-order valence-electron chi connectivity index (χ0n) is 10.4. The van der Waals surface area contributed by atoms with Crippen molar-refractivity contribution in [1.29, 1.82) is 0 Å². The van der Waals surface area contributed by atoms with Crippen molar-refractivity contribution in [2.24, 2.45) is 0 Å². The lowest BCUT2D eigenvalue weighted by Gasteiger charge is -2.06. The molecule has 0 saturated carbocycles. The highest BCUT2D eigenvalue weighted by atomic mass is 16.5. The van der Waals surface area contributed by atoms with E-state index in [1.54, 1.807) is 18.2 Å². The third-order valence-electron chi connectivity index (χ3n) is 2.64. The summed E-state index contributed by atoms with van der Waals surface area (Å²) in [4.78, 5) is 22.7. The van der Waals surface area contributed by atoms with Crippen LogP contribution in [0, 0.1) is 0 Å². The normalized spacial score (nSPS) is 10.1. The minimum Gasteiger partial charge on any atom is -0.478 e. The molecule has 0 atom stereocenters. The van der Waals surface area contributed by atoms with Gasteiger partial charge in [0.05, 0.1) is 17.7 Å². The van der Waals surface area contributed by atoms with E-state index in [0.717, 1.165) is 0 Å². The first-order valence-corrected chi connectivity index (χ1v) is 5.85. The summed E-state index contributed by atoms with van der Waals surface area (Å²) >= 11 is 0. The zero-order chi connectivity index (χ0) is 14.5. The second-order valence-corrected chi connectivity index (χ2v) is 4.08. The Labute approximate surface area is 115 Å². The summed E-state index contributed by atoms with van der Waals surface area (Å²) in [7, 11) is 0. The van der Waals surface area contributed by atoms with Crippen LogP contribution in [0.1, 0.15) is 26.3 Å². The van der Waals surface area contributed by atoms with Crippen LogP contribution in [0.2, 0.25) is 0 Å². The topological polar surface area (TPSA) is 83.8 Å². The van der Waals surface area contributed by atoms with Crippen molar-refractivity contribution in [2.75, 3.05) is 0 Å². The monoisotopic (exact) mass is 272 g/mol. The van der Waals surface area contributed by atoms with Crippen LogP contribution in [0.3, 0.4) is 0 Å². The van der Waals surface area contributed by atoms with E-state index in [4.69, 9.17) is 14.9 Å². The molecule has 2 aromatic rings. The Balaban J connectivity index is 2.18. The number of esters is 1. The van der Waals surface area contributed by atoms with Gasteiger partial charge in [-0.15, -0.1) is 0 Å². The molecule has 0 aliphatic rings. The van der Waals surface area contributed by atoms with Gasteiger partial charge < -0.3 is 14.9 Å². The number of hydrogen-bond acceptors (Lipinski definition) is 4. The SMILES string of the molecule is O=C(O)c1cccc(OC(=O)c2cccc(CO)c2)c1. The van der Waals surface area contributed by atoms with Gasteiger partial charge in [0.2, 0.25) is 0 Å². The highest BCUT2D eigenvalue weighted by Gasteiger charge is 2.11. The van der Waals surface area contributed by atoms with Crippen LogP contribution in [-0.4, -0.2) is 22.2 Å². The number of aliphatic hydroxyl groups excluding tert-OH is 1. The molecule has 0 spiro atoms. The average Bonchev–Trinajstić information content (AvgIpc) is 2.47. The van der Waals surface area contributed by atoms with E-state index < -0.39 is 11.9 Å². The van der Waals surface area contributed by atoms with Gasteiger partial charge in [-0.25, -0.2) is 9.59 Å². The van der Waals surface area contributed by atoms with E-state index in [9.17, 15) is 9.59 Å². The molecule has 5 heteroatoms. The van der Waals surface area contributed by atoms with Gasteiger partial charge >= 0.3 is 11.9 Å². The van der Waals surface area contributed by atoms with E-state index in [2.05, 4.69) is 0 Å². The van der Waals surface area contributed by atoms with Crippen LogP contribution in [0.4, 0.5) is 0 Å². The third-order valence-corrected chi connectivity index (χ3v) is 2.64. The fraction of sp³-hybridized carbons (Fsp3) is 0.0667. The van der Waals surface area contributed by atoms with Gasteiger partial charge in [0.15, 0.2) is 0 Å². The molecule has 0 amide bonds. The molecule has 102 valence electrons.